The van der Waals surface area contributed by atoms with Gasteiger partial charge in [0.1, 0.15) is 17.6 Å². The summed E-state index contributed by atoms with van der Waals surface area (Å²) >= 11 is 0. The highest BCUT2D eigenvalue weighted by molar-refractivity contribution is 5.45. The van der Waals surface area contributed by atoms with E-state index in [1.165, 1.54) is 0 Å². The van der Waals surface area contributed by atoms with E-state index in [2.05, 4.69) is 9.88 Å². The minimum Gasteiger partial charge on any atom is -0.352 e. The molecule has 1 aliphatic rings. The van der Waals surface area contributed by atoms with Gasteiger partial charge in [0, 0.05) is 19.1 Å². The van der Waals surface area contributed by atoms with Gasteiger partial charge in [-0.1, -0.05) is 6.07 Å². The molecule has 0 aromatic carbocycles. The van der Waals surface area contributed by atoms with Gasteiger partial charge in [-0.25, -0.2) is 4.98 Å². The van der Waals surface area contributed by atoms with E-state index in [1.807, 2.05) is 18.2 Å². The van der Waals surface area contributed by atoms with Crippen LogP contribution in [0.25, 0.3) is 0 Å². The van der Waals surface area contributed by atoms with Gasteiger partial charge in [-0.3, -0.25) is 0 Å². The molecule has 4 nitrogen and oxygen atoms in total. The molecule has 72 valence electrons. The Morgan fingerprint density at radius 3 is 3.07 bits per heavy atom. The second-order valence-electron chi connectivity index (χ2n) is 3.36. The maximum atomic E-state index is 8.70. The number of hydrogen-bond donors (Lipinski definition) is 1. The normalized spacial score (nSPS) is 20.0. The Hall–Kier alpha value is -1.60. The molecule has 0 amide bonds. The average molecular weight is 188 g/mol. The molecule has 1 atom stereocenters. The van der Waals surface area contributed by atoms with Crippen LogP contribution in [-0.2, 0) is 0 Å². The summed E-state index contributed by atoms with van der Waals surface area (Å²) in [5.74, 6) is 0.866. The number of aromatic nitrogens is 1. The molecule has 0 radical (unpaired) electrons. The van der Waals surface area contributed by atoms with Gasteiger partial charge in [-0.05, 0) is 18.6 Å². The number of nitrogens with zero attached hydrogens (tertiary/aromatic N) is 3. The lowest BCUT2D eigenvalue weighted by molar-refractivity contribution is 0.452. The van der Waals surface area contributed by atoms with Crippen LogP contribution in [0.5, 0.6) is 0 Å². The summed E-state index contributed by atoms with van der Waals surface area (Å²) in [7, 11) is 0. The van der Waals surface area contributed by atoms with E-state index in [0.717, 1.165) is 18.8 Å². The first-order chi connectivity index (χ1) is 6.85. The summed E-state index contributed by atoms with van der Waals surface area (Å²) in [6.45, 7) is 1.64. The van der Waals surface area contributed by atoms with Crippen LogP contribution >= 0.6 is 0 Å². The largest absolute Gasteiger partial charge is 0.352 e. The van der Waals surface area contributed by atoms with E-state index in [9.17, 15) is 0 Å². The Morgan fingerprint density at radius 2 is 2.50 bits per heavy atom. The number of nitrogens with two attached hydrogens (primary N) is 1. The number of nitriles is 1. The molecule has 2 heterocycles. The van der Waals surface area contributed by atoms with Crippen molar-refractivity contribution in [1.29, 1.82) is 5.26 Å². The van der Waals surface area contributed by atoms with Crippen LogP contribution in [0.3, 0.4) is 0 Å². The summed E-state index contributed by atoms with van der Waals surface area (Å²) in [6, 6.07) is 7.92. The maximum absolute atomic E-state index is 8.70. The van der Waals surface area contributed by atoms with Crippen LogP contribution in [0.1, 0.15) is 12.1 Å². The van der Waals surface area contributed by atoms with Gasteiger partial charge in [0.2, 0.25) is 0 Å². The first-order valence-corrected chi connectivity index (χ1v) is 4.69. The molecule has 0 bridgehead atoms. The van der Waals surface area contributed by atoms with Gasteiger partial charge >= 0.3 is 0 Å². The van der Waals surface area contributed by atoms with Gasteiger partial charge in [0.05, 0.1) is 0 Å². The van der Waals surface area contributed by atoms with E-state index >= 15 is 0 Å². The Kier molecular flexibility index (Phi) is 2.33. The summed E-state index contributed by atoms with van der Waals surface area (Å²) < 4.78 is 0. The van der Waals surface area contributed by atoms with Crippen LogP contribution in [0.2, 0.25) is 0 Å². The maximum Gasteiger partial charge on any atom is 0.142 e. The van der Waals surface area contributed by atoms with Gasteiger partial charge in [0.25, 0.3) is 0 Å². The third kappa shape index (κ3) is 1.42. The van der Waals surface area contributed by atoms with E-state index < -0.39 is 0 Å². The van der Waals surface area contributed by atoms with Gasteiger partial charge < -0.3 is 10.6 Å². The van der Waals surface area contributed by atoms with Crippen molar-refractivity contribution in [2.75, 3.05) is 18.0 Å². The Balaban J connectivity index is 2.20. The monoisotopic (exact) mass is 188 g/mol. The second-order valence-corrected chi connectivity index (χ2v) is 3.36. The molecule has 1 saturated heterocycles. The number of pyridine rings is 1. The standard InChI is InChI=1S/C10H12N4/c11-6-8-2-1-3-10(13-8)14-5-4-9(14)7-12/h1-3,9H,4-5,7,12H2. The van der Waals surface area contributed by atoms with Gasteiger partial charge in [0.15, 0.2) is 0 Å². The lowest BCUT2D eigenvalue weighted by atomic mass is 10.0. The minimum atomic E-state index is 0.399. The van der Waals surface area contributed by atoms with Crippen molar-refractivity contribution >= 4 is 5.82 Å². The first-order valence-electron chi connectivity index (χ1n) is 4.69. The Morgan fingerprint density at radius 1 is 1.64 bits per heavy atom. The molecular weight excluding hydrogens is 176 g/mol. The van der Waals surface area contributed by atoms with Crippen LogP contribution in [0.15, 0.2) is 18.2 Å². The quantitative estimate of drug-likeness (QED) is 0.733. The summed E-state index contributed by atoms with van der Waals surface area (Å²) in [4.78, 5) is 6.36. The highest BCUT2D eigenvalue weighted by Crippen LogP contribution is 2.23. The van der Waals surface area contributed by atoms with Crippen LogP contribution in [0, 0.1) is 11.3 Å². The van der Waals surface area contributed by atoms with Crippen LogP contribution in [0.4, 0.5) is 5.82 Å². The fraction of sp³-hybridized carbons (Fsp3) is 0.400. The van der Waals surface area contributed by atoms with Crippen LogP contribution in [-0.4, -0.2) is 24.1 Å². The molecule has 1 aromatic heterocycles. The minimum absolute atomic E-state index is 0.399. The zero-order valence-electron chi connectivity index (χ0n) is 7.85. The molecule has 0 spiro atoms. The van der Waals surface area contributed by atoms with Crippen molar-refractivity contribution in [1.82, 2.24) is 4.98 Å². The van der Waals surface area contributed by atoms with Crippen molar-refractivity contribution < 1.29 is 0 Å². The Labute approximate surface area is 83.0 Å². The molecule has 1 unspecified atom stereocenters. The molecule has 1 aromatic rings. The molecule has 0 aliphatic carbocycles. The second kappa shape index (κ2) is 3.64. The topological polar surface area (TPSA) is 65.9 Å². The van der Waals surface area contributed by atoms with E-state index in [0.29, 0.717) is 18.3 Å². The predicted octanol–water partition coefficient (Wildman–Crippen LogP) is 0.491. The van der Waals surface area contributed by atoms with Crippen molar-refractivity contribution in [2.24, 2.45) is 5.73 Å². The SMILES string of the molecule is N#Cc1cccc(N2CCC2CN)n1. The highest BCUT2D eigenvalue weighted by atomic mass is 15.3. The average Bonchev–Trinajstić information content (AvgIpc) is 2.17. The summed E-state index contributed by atoms with van der Waals surface area (Å²) in [5, 5.41) is 8.70. The molecule has 4 heteroatoms. The number of rotatable bonds is 2. The lowest BCUT2D eigenvalue weighted by Gasteiger charge is -2.41. The summed E-state index contributed by atoms with van der Waals surface area (Å²) in [6.07, 6.45) is 1.12. The smallest absolute Gasteiger partial charge is 0.142 e. The summed E-state index contributed by atoms with van der Waals surface area (Å²) in [5.41, 5.74) is 6.06. The predicted molar refractivity (Wildman–Crippen MR) is 53.8 cm³/mol. The van der Waals surface area contributed by atoms with Crippen molar-refractivity contribution in [3.8, 4) is 6.07 Å². The van der Waals surface area contributed by atoms with Crippen molar-refractivity contribution in [2.45, 2.75) is 12.5 Å². The van der Waals surface area contributed by atoms with E-state index in [4.69, 9.17) is 11.0 Å². The Bertz CT molecular complexity index is 367. The molecule has 1 aliphatic heterocycles. The molecule has 14 heavy (non-hydrogen) atoms. The zero-order chi connectivity index (χ0) is 9.97. The van der Waals surface area contributed by atoms with E-state index in [-0.39, 0.29) is 0 Å². The van der Waals surface area contributed by atoms with Crippen LogP contribution < -0.4 is 10.6 Å². The molecule has 2 N–H and O–H groups in total. The zero-order valence-corrected chi connectivity index (χ0v) is 7.85. The van der Waals surface area contributed by atoms with E-state index in [1.54, 1.807) is 6.07 Å². The van der Waals surface area contributed by atoms with Gasteiger partial charge in [-0.2, -0.15) is 5.26 Å². The molecular formula is C10H12N4. The van der Waals surface area contributed by atoms with Crippen molar-refractivity contribution in [3.05, 3.63) is 23.9 Å². The fourth-order valence-corrected chi connectivity index (χ4v) is 1.63. The third-order valence-electron chi connectivity index (χ3n) is 2.56. The molecule has 2 rings (SSSR count). The number of hydrogen-bond acceptors (Lipinski definition) is 4. The molecule has 1 fully saturated rings. The fourth-order valence-electron chi connectivity index (χ4n) is 1.63. The lowest BCUT2D eigenvalue weighted by Crippen LogP contribution is -2.52. The van der Waals surface area contributed by atoms with Gasteiger partial charge in [-0.15, -0.1) is 0 Å². The third-order valence-corrected chi connectivity index (χ3v) is 2.56. The van der Waals surface area contributed by atoms with Crippen molar-refractivity contribution in [3.63, 3.8) is 0 Å². The molecule has 0 saturated carbocycles. The first kappa shape index (κ1) is 8.97. The highest BCUT2D eigenvalue weighted by Gasteiger charge is 2.27. The number of anilines is 1.